The number of fused-ring (bicyclic) bond motifs is 2. The summed E-state index contributed by atoms with van der Waals surface area (Å²) in [6, 6.07) is 3.18. The van der Waals surface area contributed by atoms with Crippen molar-refractivity contribution in [2.75, 3.05) is 10.6 Å². The molecule has 0 unspecified atom stereocenters. The van der Waals surface area contributed by atoms with Gasteiger partial charge >= 0.3 is 6.18 Å². The van der Waals surface area contributed by atoms with Crippen LogP contribution in [0.2, 0.25) is 0 Å². The second-order valence-electron chi connectivity index (χ2n) is 4.04. The Morgan fingerprint density at radius 2 is 1.79 bits per heavy atom. The van der Waals surface area contributed by atoms with E-state index in [2.05, 4.69) is 10.6 Å². The van der Waals surface area contributed by atoms with Crippen LogP contribution in [-0.2, 0) is 6.18 Å². The van der Waals surface area contributed by atoms with Gasteiger partial charge in [0.2, 0.25) is 0 Å². The molecule has 0 aliphatic carbocycles. The van der Waals surface area contributed by atoms with Gasteiger partial charge in [-0.2, -0.15) is 13.2 Å². The minimum absolute atomic E-state index is 0.236. The molecule has 0 atom stereocenters. The van der Waals surface area contributed by atoms with Gasteiger partial charge in [-0.25, -0.2) is 0 Å². The van der Waals surface area contributed by atoms with Crippen molar-refractivity contribution in [2.45, 2.75) is 6.18 Å². The van der Waals surface area contributed by atoms with Gasteiger partial charge < -0.3 is 10.6 Å². The molecule has 98 valence electrons. The summed E-state index contributed by atoms with van der Waals surface area (Å²) in [4.78, 5) is 11.8. The number of hydrogen-bond donors (Lipinski definition) is 2. The van der Waals surface area contributed by atoms with E-state index in [4.69, 9.17) is 0 Å². The molecule has 0 saturated heterocycles. The summed E-state index contributed by atoms with van der Waals surface area (Å²) in [5, 5.41) is 8.77. The van der Waals surface area contributed by atoms with Gasteiger partial charge in [-0.05, 0) is 18.2 Å². The normalized spacial score (nSPS) is 13.9. The molecule has 0 fully saturated rings. The average molecular weight is 284 g/mol. The molecule has 1 aromatic heterocycles. The van der Waals surface area contributed by atoms with E-state index in [0.29, 0.717) is 16.9 Å². The van der Waals surface area contributed by atoms with Crippen molar-refractivity contribution in [1.82, 2.24) is 0 Å². The number of nitrogens with one attached hydrogen (secondary N) is 2. The first-order chi connectivity index (χ1) is 8.95. The molecule has 19 heavy (non-hydrogen) atoms. The first-order valence-corrected chi connectivity index (χ1v) is 6.25. The van der Waals surface area contributed by atoms with Crippen molar-refractivity contribution >= 4 is 34.3 Å². The minimum atomic E-state index is -4.41. The standard InChI is InChI=1S/C12H7F3N2OS/c13-12(14,15)6-1-2-8-9(3-6)16-10-5-19-4-7(10)11(18)17-8/h1-5,16H,(H,17,18). The van der Waals surface area contributed by atoms with E-state index in [9.17, 15) is 18.0 Å². The summed E-state index contributed by atoms with van der Waals surface area (Å²) >= 11 is 1.31. The zero-order valence-electron chi connectivity index (χ0n) is 9.34. The van der Waals surface area contributed by atoms with Crippen LogP contribution in [0.4, 0.5) is 30.2 Å². The fourth-order valence-electron chi connectivity index (χ4n) is 1.84. The molecule has 0 radical (unpaired) electrons. The zero-order valence-corrected chi connectivity index (χ0v) is 10.2. The van der Waals surface area contributed by atoms with Crippen LogP contribution in [0.1, 0.15) is 15.9 Å². The molecule has 1 aliphatic rings. The Bertz CT molecular complexity index is 663. The molecule has 2 N–H and O–H groups in total. The summed E-state index contributed by atoms with van der Waals surface area (Å²) in [5.74, 6) is -0.331. The largest absolute Gasteiger partial charge is 0.416 e. The van der Waals surface area contributed by atoms with Gasteiger partial charge in [0.25, 0.3) is 5.91 Å². The maximum atomic E-state index is 12.7. The van der Waals surface area contributed by atoms with Crippen molar-refractivity contribution in [3.8, 4) is 0 Å². The van der Waals surface area contributed by atoms with Crippen molar-refractivity contribution in [3.63, 3.8) is 0 Å². The van der Waals surface area contributed by atoms with Crippen molar-refractivity contribution < 1.29 is 18.0 Å². The summed E-state index contributed by atoms with van der Waals surface area (Å²) in [6.07, 6.45) is -4.41. The molecule has 1 aliphatic heterocycles. The highest BCUT2D eigenvalue weighted by molar-refractivity contribution is 7.08. The Balaban J connectivity index is 2.10. The predicted molar refractivity (Wildman–Crippen MR) is 67.0 cm³/mol. The molecule has 2 heterocycles. The van der Waals surface area contributed by atoms with Gasteiger partial charge in [0.15, 0.2) is 0 Å². The van der Waals surface area contributed by atoms with Crippen LogP contribution in [0.25, 0.3) is 0 Å². The molecule has 3 rings (SSSR count). The van der Waals surface area contributed by atoms with Crippen LogP contribution in [0.15, 0.2) is 29.0 Å². The number of hydrogen-bond acceptors (Lipinski definition) is 3. The van der Waals surface area contributed by atoms with Crippen LogP contribution < -0.4 is 10.6 Å². The number of alkyl halides is 3. The molecule has 1 aromatic carbocycles. The number of benzene rings is 1. The lowest BCUT2D eigenvalue weighted by atomic mass is 10.1. The SMILES string of the molecule is O=C1Nc2ccc(C(F)(F)F)cc2Nc2cscc21. The van der Waals surface area contributed by atoms with Crippen molar-refractivity contribution in [2.24, 2.45) is 0 Å². The maximum Gasteiger partial charge on any atom is 0.416 e. The smallest absolute Gasteiger partial charge is 0.352 e. The Morgan fingerprint density at radius 3 is 2.53 bits per heavy atom. The second-order valence-corrected chi connectivity index (χ2v) is 4.78. The third kappa shape index (κ3) is 2.06. The lowest BCUT2D eigenvalue weighted by molar-refractivity contribution is -0.137. The molecule has 3 nitrogen and oxygen atoms in total. The van der Waals surface area contributed by atoms with Crippen molar-refractivity contribution in [3.05, 3.63) is 40.1 Å². The number of thiophene rings is 1. The van der Waals surface area contributed by atoms with E-state index in [1.54, 1.807) is 10.8 Å². The van der Waals surface area contributed by atoms with E-state index in [1.807, 2.05) is 0 Å². The highest BCUT2D eigenvalue weighted by Crippen LogP contribution is 2.38. The zero-order chi connectivity index (χ0) is 13.6. The molecule has 7 heteroatoms. The monoisotopic (exact) mass is 284 g/mol. The average Bonchev–Trinajstić information content (AvgIpc) is 2.73. The lowest BCUT2D eigenvalue weighted by Gasteiger charge is -2.12. The van der Waals surface area contributed by atoms with Crippen LogP contribution in [0, 0.1) is 0 Å². The Hall–Kier alpha value is -2.02. The van der Waals surface area contributed by atoms with Crippen LogP contribution >= 0.6 is 11.3 Å². The number of carbonyl (C=O) groups is 1. The fraction of sp³-hybridized carbons (Fsp3) is 0.0833. The topological polar surface area (TPSA) is 41.1 Å². The third-order valence-corrected chi connectivity index (χ3v) is 3.51. The van der Waals surface area contributed by atoms with E-state index in [1.165, 1.54) is 17.4 Å². The molecule has 0 spiro atoms. The van der Waals surface area contributed by atoms with Crippen LogP contribution in [0.3, 0.4) is 0 Å². The van der Waals surface area contributed by atoms with E-state index < -0.39 is 11.7 Å². The molecule has 2 aromatic rings. The summed E-state index contributed by atoms with van der Waals surface area (Å²) in [5.41, 5.74) is 0.751. The van der Waals surface area contributed by atoms with Crippen LogP contribution in [-0.4, -0.2) is 5.91 Å². The summed E-state index contributed by atoms with van der Waals surface area (Å²) in [7, 11) is 0. The van der Waals surface area contributed by atoms with Gasteiger partial charge in [0.05, 0.1) is 28.2 Å². The van der Waals surface area contributed by atoms with E-state index >= 15 is 0 Å². The number of rotatable bonds is 0. The summed E-state index contributed by atoms with van der Waals surface area (Å²) < 4.78 is 38.0. The minimum Gasteiger partial charge on any atom is -0.352 e. The van der Waals surface area contributed by atoms with Crippen molar-refractivity contribution in [1.29, 1.82) is 0 Å². The van der Waals surface area contributed by atoms with Crippen LogP contribution in [0.5, 0.6) is 0 Å². The van der Waals surface area contributed by atoms with Gasteiger partial charge in [-0.1, -0.05) is 0 Å². The van der Waals surface area contributed by atoms with E-state index in [-0.39, 0.29) is 11.6 Å². The van der Waals surface area contributed by atoms with E-state index in [0.717, 1.165) is 12.1 Å². The molecule has 0 saturated carbocycles. The Labute approximate surface area is 110 Å². The first-order valence-electron chi connectivity index (χ1n) is 5.31. The Kier molecular flexibility index (Phi) is 2.53. The lowest BCUT2D eigenvalue weighted by Crippen LogP contribution is -2.10. The molecule has 1 amide bonds. The number of anilines is 3. The number of amides is 1. The summed E-state index contributed by atoms with van der Waals surface area (Å²) in [6.45, 7) is 0. The molecular weight excluding hydrogens is 277 g/mol. The maximum absolute atomic E-state index is 12.7. The third-order valence-electron chi connectivity index (χ3n) is 2.77. The number of carbonyl (C=O) groups excluding carboxylic acids is 1. The van der Waals surface area contributed by atoms with Gasteiger partial charge in [-0.3, -0.25) is 4.79 Å². The highest BCUT2D eigenvalue weighted by Gasteiger charge is 2.32. The second kappa shape index (κ2) is 3.99. The quantitative estimate of drug-likeness (QED) is 0.765. The predicted octanol–water partition coefficient (Wildman–Crippen LogP) is 4.08. The fourth-order valence-corrected chi connectivity index (χ4v) is 2.60. The Morgan fingerprint density at radius 1 is 1.00 bits per heavy atom. The first kappa shape index (κ1) is 12.0. The number of halogens is 3. The van der Waals surface area contributed by atoms with Gasteiger partial charge in [0.1, 0.15) is 0 Å². The van der Waals surface area contributed by atoms with Gasteiger partial charge in [0, 0.05) is 10.8 Å². The molecular formula is C12H7F3N2OS. The molecule has 0 bridgehead atoms. The highest BCUT2D eigenvalue weighted by atomic mass is 32.1. The van der Waals surface area contributed by atoms with Gasteiger partial charge in [-0.15, -0.1) is 11.3 Å².